The third kappa shape index (κ3) is 2.97. The molecule has 1 aliphatic carbocycles. The van der Waals surface area contributed by atoms with Crippen LogP contribution in [0.3, 0.4) is 0 Å². The van der Waals surface area contributed by atoms with Crippen LogP contribution < -0.4 is 0 Å². The number of halogens is 1. The highest BCUT2D eigenvalue weighted by Gasteiger charge is 2.59. The van der Waals surface area contributed by atoms with E-state index in [1.165, 1.54) is 0 Å². The van der Waals surface area contributed by atoms with E-state index in [0.717, 1.165) is 35.3 Å². The largest absolute Gasteiger partial charge is 0.501 e. The minimum atomic E-state index is -0.972. The maximum atomic E-state index is 13.6. The summed E-state index contributed by atoms with van der Waals surface area (Å²) in [5.74, 6) is 0.817. The van der Waals surface area contributed by atoms with Crippen LogP contribution in [0, 0.1) is 0 Å². The molecule has 2 aromatic rings. The molecule has 0 bridgehead atoms. The van der Waals surface area contributed by atoms with Crippen LogP contribution in [0.1, 0.15) is 40.7 Å². The Labute approximate surface area is 185 Å². The van der Waals surface area contributed by atoms with Gasteiger partial charge in [-0.15, -0.1) is 0 Å². The maximum Gasteiger partial charge on any atom is 0.258 e. The van der Waals surface area contributed by atoms with Crippen molar-refractivity contribution in [2.24, 2.45) is 0 Å². The van der Waals surface area contributed by atoms with Crippen LogP contribution in [0.5, 0.6) is 0 Å². The molecule has 3 heterocycles. The number of benzene rings is 1. The first-order valence-corrected chi connectivity index (χ1v) is 10.7. The number of amides is 2. The van der Waals surface area contributed by atoms with Gasteiger partial charge in [-0.2, -0.15) is 0 Å². The lowest BCUT2D eigenvalue weighted by Gasteiger charge is -2.40. The standard InChI is InChI=1S/C24H22ClN3O3/c1-31-19-8-2-16(3-9-19)14-22(29)27-12-13-28-23(30)20-15-26-11-10-21(20)24(27,28)17-4-6-18(25)7-5-17/h2,4-8,10-11,15H,3,9,12-14H2,1H3. The Kier molecular flexibility index (Phi) is 4.82. The van der Waals surface area contributed by atoms with Crippen molar-refractivity contribution in [2.75, 3.05) is 20.2 Å². The van der Waals surface area contributed by atoms with Crippen LogP contribution in [0.4, 0.5) is 0 Å². The number of ether oxygens (including phenoxy) is 1. The van der Waals surface area contributed by atoms with Crippen LogP contribution in [0.25, 0.3) is 0 Å². The number of allylic oxidation sites excluding steroid dienone is 3. The molecule has 7 heteroatoms. The number of carbonyl (C=O) groups is 2. The third-order valence-electron chi connectivity index (χ3n) is 6.39. The molecule has 2 aliphatic heterocycles. The van der Waals surface area contributed by atoms with Gasteiger partial charge in [0.1, 0.15) is 0 Å². The molecule has 2 amide bonds. The minimum Gasteiger partial charge on any atom is -0.501 e. The van der Waals surface area contributed by atoms with E-state index in [0.29, 0.717) is 30.1 Å². The summed E-state index contributed by atoms with van der Waals surface area (Å²) in [6.07, 6.45) is 9.06. The average Bonchev–Trinajstić information content (AvgIpc) is 3.31. The minimum absolute atomic E-state index is 0.00423. The second-order valence-corrected chi connectivity index (χ2v) is 8.38. The quantitative estimate of drug-likeness (QED) is 0.731. The number of hydrogen-bond acceptors (Lipinski definition) is 4. The molecule has 0 N–H and O–H groups in total. The van der Waals surface area contributed by atoms with E-state index in [2.05, 4.69) is 4.98 Å². The van der Waals surface area contributed by atoms with Crippen LogP contribution in [0.15, 0.2) is 66.2 Å². The fraction of sp³-hybridized carbons (Fsp3) is 0.292. The topological polar surface area (TPSA) is 62.7 Å². The number of fused-ring (bicyclic) bond motifs is 3. The first-order valence-electron chi connectivity index (χ1n) is 10.3. The normalized spacial score (nSPS) is 22.1. The van der Waals surface area contributed by atoms with Crippen LogP contribution in [0.2, 0.25) is 5.02 Å². The number of aromatic nitrogens is 1. The van der Waals surface area contributed by atoms with E-state index in [9.17, 15) is 9.59 Å². The van der Waals surface area contributed by atoms with Gasteiger partial charge in [0.15, 0.2) is 5.66 Å². The van der Waals surface area contributed by atoms with Crippen molar-refractivity contribution in [3.05, 3.63) is 87.9 Å². The summed E-state index contributed by atoms with van der Waals surface area (Å²) in [6.45, 7) is 0.941. The summed E-state index contributed by atoms with van der Waals surface area (Å²) in [5, 5.41) is 0.606. The number of carbonyl (C=O) groups excluding carboxylic acids is 2. The Balaban J connectivity index is 1.59. The number of hydrogen-bond donors (Lipinski definition) is 0. The summed E-state index contributed by atoms with van der Waals surface area (Å²) < 4.78 is 5.30. The Bertz CT molecular complexity index is 1130. The Morgan fingerprint density at radius 1 is 1.16 bits per heavy atom. The molecule has 1 saturated heterocycles. The third-order valence-corrected chi connectivity index (χ3v) is 6.64. The van der Waals surface area contributed by atoms with Gasteiger partial charge in [0, 0.05) is 54.5 Å². The van der Waals surface area contributed by atoms with Crippen molar-refractivity contribution in [1.82, 2.24) is 14.8 Å². The fourth-order valence-corrected chi connectivity index (χ4v) is 5.07. The molecule has 31 heavy (non-hydrogen) atoms. The van der Waals surface area contributed by atoms with Crippen LogP contribution in [-0.2, 0) is 15.2 Å². The van der Waals surface area contributed by atoms with Gasteiger partial charge in [-0.3, -0.25) is 14.6 Å². The van der Waals surface area contributed by atoms with Gasteiger partial charge in [-0.25, -0.2) is 0 Å². The van der Waals surface area contributed by atoms with Crippen molar-refractivity contribution >= 4 is 23.4 Å². The predicted molar refractivity (Wildman–Crippen MR) is 116 cm³/mol. The van der Waals surface area contributed by atoms with E-state index < -0.39 is 5.66 Å². The zero-order chi connectivity index (χ0) is 21.6. The highest BCUT2D eigenvalue weighted by molar-refractivity contribution is 6.30. The fourth-order valence-electron chi connectivity index (χ4n) is 4.95. The molecule has 3 aliphatic rings. The molecule has 1 fully saturated rings. The SMILES string of the molecule is COC1=CC=C(CC(=O)N2CCN3C(=O)c4cnccc4C23c2ccc(Cl)cc2)CC1. The molecule has 158 valence electrons. The second-order valence-electron chi connectivity index (χ2n) is 7.94. The van der Waals surface area contributed by atoms with Gasteiger partial charge in [0.25, 0.3) is 5.91 Å². The molecule has 0 saturated carbocycles. The van der Waals surface area contributed by atoms with E-state index in [4.69, 9.17) is 16.3 Å². The van der Waals surface area contributed by atoms with Gasteiger partial charge >= 0.3 is 0 Å². The van der Waals surface area contributed by atoms with E-state index in [-0.39, 0.29) is 11.8 Å². The number of nitrogens with zero attached hydrogens (tertiary/aromatic N) is 3. The Hall–Kier alpha value is -3.12. The van der Waals surface area contributed by atoms with Gasteiger partial charge in [0.2, 0.25) is 5.91 Å². The Morgan fingerprint density at radius 3 is 2.68 bits per heavy atom. The maximum absolute atomic E-state index is 13.6. The van der Waals surface area contributed by atoms with E-state index >= 15 is 0 Å². The Morgan fingerprint density at radius 2 is 1.97 bits per heavy atom. The van der Waals surface area contributed by atoms with Gasteiger partial charge in [-0.05, 0) is 30.7 Å². The van der Waals surface area contributed by atoms with Crippen molar-refractivity contribution < 1.29 is 14.3 Å². The zero-order valence-electron chi connectivity index (χ0n) is 17.2. The first kappa shape index (κ1) is 19.8. The lowest BCUT2D eigenvalue weighted by molar-refractivity contribution is -0.135. The first-order chi connectivity index (χ1) is 15.1. The molecule has 0 radical (unpaired) electrons. The summed E-state index contributed by atoms with van der Waals surface area (Å²) in [5.41, 5.74) is 2.27. The molecule has 5 rings (SSSR count). The van der Waals surface area contributed by atoms with Crippen LogP contribution in [-0.4, -0.2) is 46.8 Å². The number of rotatable bonds is 4. The smallest absolute Gasteiger partial charge is 0.258 e. The van der Waals surface area contributed by atoms with Gasteiger partial charge < -0.3 is 14.5 Å². The predicted octanol–water partition coefficient (Wildman–Crippen LogP) is 3.87. The van der Waals surface area contributed by atoms with Crippen LogP contribution >= 0.6 is 11.6 Å². The highest BCUT2D eigenvalue weighted by Crippen LogP contribution is 2.49. The molecule has 0 spiro atoms. The van der Waals surface area contributed by atoms with Gasteiger partial charge in [0.05, 0.1) is 18.4 Å². The van der Waals surface area contributed by atoms with Gasteiger partial charge in [-0.1, -0.05) is 35.4 Å². The summed E-state index contributed by atoms with van der Waals surface area (Å²) >= 11 is 6.15. The summed E-state index contributed by atoms with van der Waals surface area (Å²) in [6, 6.07) is 9.25. The lowest BCUT2D eigenvalue weighted by Crippen LogP contribution is -2.51. The highest BCUT2D eigenvalue weighted by atomic mass is 35.5. The molecule has 1 aromatic heterocycles. The second kappa shape index (κ2) is 7.54. The molecular weight excluding hydrogens is 414 g/mol. The van der Waals surface area contributed by atoms with Crippen molar-refractivity contribution in [3.63, 3.8) is 0 Å². The summed E-state index contributed by atoms with van der Waals surface area (Å²) in [7, 11) is 1.66. The van der Waals surface area contributed by atoms with Crippen molar-refractivity contribution in [1.29, 1.82) is 0 Å². The lowest BCUT2D eigenvalue weighted by atomic mass is 9.90. The molecule has 6 nitrogen and oxygen atoms in total. The molecule has 1 aromatic carbocycles. The molecular formula is C24H22ClN3O3. The number of pyridine rings is 1. The summed E-state index contributed by atoms with van der Waals surface area (Å²) in [4.78, 5) is 34.6. The van der Waals surface area contributed by atoms with E-state index in [1.807, 2.05) is 35.3 Å². The number of methoxy groups -OCH3 is 1. The average molecular weight is 436 g/mol. The van der Waals surface area contributed by atoms with E-state index in [1.54, 1.807) is 36.5 Å². The van der Waals surface area contributed by atoms with Crippen molar-refractivity contribution in [3.8, 4) is 0 Å². The zero-order valence-corrected chi connectivity index (χ0v) is 17.9. The monoisotopic (exact) mass is 435 g/mol. The molecule has 1 unspecified atom stereocenters. The molecule has 1 atom stereocenters. The van der Waals surface area contributed by atoms with Crippen molar-refractivity contribution in [2.45, 2.75) is 24.9 Å².